The molecule has 0 saturated carbocycles. The molecule has 0 bridgehead atoms. The molecule has 0 atom stereocenters. The normalized spacial score (nSPS) is 10.7. The fraction of sp³-hybridized carbons (Fsp3) is 0.364. The summed E-state index contributed by atoms with van der Waals surface area (Å²) in [7, 11) is 1.81. The number of halogens is 1. The lowest BCUT2D eigenvalue weighted by molar-refractivity contribution is -0.117. The van der Waals surface area contributed by atoms with Gasteiger partial charge in [0.2, 0.25) is 5.91 Å². The quantitative estimate of drug-likeness (QED) is 0.937. The number of anilines is 1. The summed E-state index contributed by atoms with van der Waals surface area (Å²) in [6.07, 6.45) is 3.40. The van der Waals surface area contributed by atoms with E-state index in [-0.39, 0.29) is 12.5 Å². The van der Waals surface area contributed by atoms with Gasteiger partial charge in [-0.15, -0.1) is 0 Å². The summed E-state index contributed by atoms with van der Waals surface area (Å²) >= 11 is 3.29. The van der Waals surface area contributed by atoms with Gasteiger partial charge >= 0.3 is 0 Å². The van der Waals surface area contributed by atoms with Crippen LogP contribution >= 0.6 is 15.9 Å². The molecule has 2 heterocycles. The number of rotatable bonds is 3. The van der Waals surface area contributed by atoms with Crippen LogP contribution in [-0.2, 0) is 18.4 Å². The largest absolute Gasteiger partial charge is 0.309 e. The molecule has 0 aliphatic carbocycles. The molecule has 2 rings (SSSR count). The van der Waals surface area contributed by atoms with E-state index in [2.05, 4.69) is 31.4 Å². The van der Waals surface area contributed by atoms with Crippen LogP contribution in [0.25, 0.3) is 0 Å². The Morgan fingerprint density at radius 3 is 2.72 bits per heavy atom. The van der Waals surface area contributed by atoms with E-state index in [4.69, 9.17) is 0 Å². The number of amides is 1. The topological polar surface area (TPSA) is 64.7 Å². The third kappa shape index (κ3) is 2.61. The molecule has 0 unspecified atom stereocenters. The highest BCUT2D eigenvalue weighted by Gasteiger charge is 2.12. The van der Waals surface area contributed by atoms with E-state index in [1.807, 2.05) is 13.8 Å². The standard InChI is InChI=1S/C11H14BrN5O/c1-7-8(2)15-16(3)11(7)14-10(18)6-17-5-9(12)4-13-17/h4-5H,6H2,1-3H3,(H,14,18). The zero-order chi connectivity index (χ0) is 13.3. The number of hydrogen-bond acceptors (Lipinski definition) is 3. The van der Waals surface area contributed by atoms with Crippen LogP contribution in [0.1, 0.15) is 11.3 Å². The minimum Gasteiger partial charge on any atom is -0.309 e. The first-order chi connectivity index (χ1) is 8.47. The molecule has 0 fully saturated rings. The van der Waals surface area contributed by atoms with Gasteiger partial charge in [-0.05, 0) is 29.8 Å². The number of aromatic nitrogens is 4. The van der Waals surface area contributed by atoms with Crippen molar-refractivity contribution in [3.05, 3.63) is 28.1 Å². The summed E-state index contributed by atoms with van der Waals surface area (Å²) in [5.74, 6) is 0.598. The van der Waals surface area contributed by atoms with Gasteiger partial charge in [-0.2, -0.15) is 10.2 Å². The molecule has 0 aliphatic heterocycles. The van der Waals surface area contributed by atoms with E-state index < -0.39 is 0 Å². The van der Waals surface area contributed by atoms with Crippen molar-refractivity contribution in [3.63, 3.8) is 0 Å². The lowest BCUT2D eigenvalue weighted by Gasteiger charge is -2.06. The monoisotopic (exact) mass is 311 g/mol. The molecule has 0 aromatic carbocycles. The number of carbonyl (C=O) groups is 1. The molecule has 2 aromatic heterocycles. The van der Waals surface area contributed by atoms with E-state index >= 15 is 0 Å². The Labute approximate surface area is 113 Å². The molecular weight excluding hydrogens is 298 g/mol. The smallest absolute Gasteiger partial charge is 0.247 e. The number of carbonyl (C=O) groups excluding carboxylic acids is 1. The van der Waals surface area contributed by atoms with E-state index in [9.17, 15) is 4.79 Å². The third-order valence-corrected chi connectivity index (χ3v) is 3.10. The second-order valence-electron chi connectivity index (χ2n) is 4.09. The summed E-state index contributed by atoms with van der Waals surface area (Å²) in [4.78, 5) is 11.9. The average molecular weight is 312 g/mol. The predicted octanol–water partition coefficient (Wildman–Crippen LogP) is 1.63. The average Bonchev–Trinajstić information content (AvgIpc) is 2.78. The van der Waals surface area contributed by atoms with Crippen molar-refractivity contribution in [1.82, 2.24) is 19.6 Å². The Morgan fingerprint density at radius 2 is 2.22 bits per heavy atom. The van der Waals surface area contributed by atoms with Crippen molar-refractivity contribution in [2.24, 2.45) is 7.05 Å². The van der Waals surface area contributed by atoms with Crippen molar-refractivity contribution in [3.8, 4) is 0 Å². The second-order valence-corrected chi connectivity index (χ2v) is 5.00. The maximum Gasteiger partial charge on any atom is 0.247 e. The second kappa shape index (κ2) is 4.93. The Bertz CT molecular complexity index is 586. The van der Waals surface area contributed by atoms with Crippen LogP contribution in [0.15, 0.2) is 16.9 Å². The fourth-order valence-corrected chi connectivity index (χ4v) is 2.01. The highest BCUT2D eigenvalue weighted by Crippen LogP contribution is 2.16. The fourth-order valence-electron chi connectivity index (χ4n) is 1.68. The third-order valence-electron chi connectivity index (χ3n) is 2.69. The van der Waals surface area contributed by atoms with Crippen LogP contribution in [0, 0.1) is 13.8 Å². The molecule has 0 saturated heterocycles. The van der Waals surface area contributed by atoms with Crippen molar-refractivity contribution < 1.29 is 4.79 Å². The first-order valence-electron chi connectivity index (χ1n) is 5.45. The number of nitrogens with one attached hydrogen (secondary N) is 1. The highest BCUT2D eigenvalue weighted by atomic mass is 79.9. The predicted molar refractivity (Wildman–Crippen MR) is 71.2 cm³/mol. The van der Waals surface area contributed by atoms with E-state index in [0.29, 0.717) is 0 Å². The zero-order valence-electron chi connectivity index (χ0n) is 10.4. The van der Waals surface area contributed by atoms with Crippen LogP contribution in [0.5, 0.6) is 0 Å². The molecular formula is C11H14BrN5O. The van der Waals surface area contributed by atoms with Crippen molar-refractivity contribution in [1.29, 1.82) is 0 Å². The van der Waals surface area contributed by atoms with Gasteiger partial charge < -0.3 is 5.32 Å². The van der Waals surface area contributed by atoms with Crippen molar-refractivity contribution in [2.45, 2.75) is 20.4 Å². The molecule has 1 amide bonds. The van der Waals surface area contributed by atoms with Crippen molar-refractivity contribution >= 4 is 27.7 Å². The molecule has 0 aliphatic rings. The Morgan fingerprint density at radius 1 is 1.50 bits per heavy atom. The van der Waals surface area contributed by atoms with Gasteiger partial charge in [0.15, 0.2) is 0 Å². The summed E-state index contributed by atoms with van der Waals surface area (Å²) in [5.41, 5.74) is 1.89. The van der Waals surface area contributed by atoms with Gasteiger partial charge in [-0.25, -0.2) is 0 Å². The lowest BCUT2D eigenvalue weighted by Crippen LogP contribution is -2.21. The molecule has 1 N–H and O–H groups in total. The number of nitrogens with zero attached hydrogens (tertiary/aromatic N) is 4. The Balaban J connectivity index is 2.07. The minimum atomic E-state index is -0.128. The van der Waals surface area contributed by atoms with Gasteiger partial charge in [0, 0.05) is 18.8 Å². The van der Waals surface area contributed by atoms with E-state index in [0.717, 1.165) is 21.5 Å². The first-order valence-corrected chi connectivity index (χ1v) is 6.24. The van der Waals surface area contributed by atoms with Gasteiger partial charge in [0.05, 0.1) is 16.4 Å². The molecule has 7 heteroatoms. The van der Waals surface area contributed by atoms with Crippen LogP contribution in [0.4, 0.5) is 5.82 Å². The zero-order valence-corrected chi connectivity index (χ0v) is 12.0. The van der Waals surface area contributed by atoms with Gasteiger partial charge in [-0.3, -0.25) is 14.2 Å². The number of aryl methyl sites for hydroxylation is 2. The van der Waals surface area contributed by atoms with Gasteiger partial charge in [0.1, 0.15) is 12.4 Å². The SMILES string of the molecule is Cc1nn(C)c(NC(=O)Cn2cc(Br)cn2)c1C. The van der Waals surface area contributed by atoms with E-state index in [1.165, 1.54) is 0 Å². The molecule has 2 aromatic rings. The van der Waals surface area contributed by atoms with Crippen LogP contribution in [0.3, 0.4) is 0 Å². The molecule has 0 radical (unpaired) electrons. The molecule has 0 spiro atoms. The Kier molecular flexibility index (Phi) is 3.51. The van der Waals surface area contributed by atoms with Crippen molar-refractivity contribution in [2.75, 3.05) is 5.32 Å². The highest BCUT2D eigenvalue weighted by molar-refractivity contribution is 9.10. The van der Waals surface area contributed by atoms with Crippen LogP contribution in [0.2, 0.25) is 0 Å². The summed E-state index contributed by atoms with van der Waals surface area (Å²) in [5, 5.41) is 11.1. The maximum absolute atomic E-state index is 11.9. The number of hydrogen-bond donors (Lipinski definition) is 1. The van der Waals surface area contributed by atoms with Gasteiger partial charge in [0.25, 0.3) is 0 Å². The lowest BCUT2D eigenvalue weighted by atomic mass is 10.3. The Hall–Kier alpha value is -1.63. The van der Waals surface area contributed by atoms with Gasteiger partial charge in [-0.1, -0.05) is 0 Å². The maximum atomic E-state index is 11.9. The minimum absolute atomic E-state index is 0.128. The first kappa shape index (κ1) is 12.8. The van der Waals surface area contributed by atoms with E-state index in [1.54, 1.807) is 28.8 Å². The van der Waals surface area contributed by atoms with Crippen LogP contribution < -0.4 is 5.32 Å². The summed E-state index contributed by atoms with van der Waals surface area (Å²) < 4.78 is 4.09. The summed E-state index contributed by atoms with van der Waals surface area (Å²) in [6, 6.07) is 0. The van der Waals surface area contributed by atoms with Crippen LogP contribution in [-0.4, -0.2) is 25.5 Å². The molecule has 6 nitrogen and oxygen atoms in total. The molecule has 96 valence electrons. The molecule has 18 heavy (non-hydrogen) atoms. The summed E-state index contributed by atoms with van der Waals surface area (Å²) in [6.45, 7) is 4.02.